The fourth-order valence-electron chi connectivity index (χ4n) is 4.92. The number of benzene rings is 6. The highest BCUT2D eigenvalue weighted by molar-refractivity contribution is 9.10. The number of rotatable bonds is 4. The molecule has 1 saturated heterocycles. The van der Waals surface area contributed by atoms with Crippen LogP contribution in [0.1, 0.15) is 12.8 Å². The molecule has 1 fully saturated rings. The van der Waals surface area contributed by atoms with Crippen molar-refractivity contribution in [1.82, 2.24) is 0 Å². The van der Waals surface area contributed by atoms with E-state index >= 15 is 0 Å². The SMILES string of the molecule is Brc1cccc(-c2cccc3ccccc23)c1.C1CCOC1.O[B]Oc1cccc(-c2cccc3ccccc23)c1. The summed E-state index contributed by atoms with van der Waals surface area (Å²) in [7, 11) is 0.697. The second kappa shape index (κ2) is 14.7. The number of ether oxygens (including phenoxy) is 1. The first-order valence-corrected chi connectivity index (χ1v) is 14.5. The van der Waals surface area contributed by atoms with Gasteiger partial charge in [-0.2, -0.15) is 0 Å². The van der Waals surface area contributed by atoms with Crippen molar-refractivity contribution in [2.24, 2.45) is 0 Å². The van der Waals surface area contributed by atoms with Crippen molar-refractivity contribution in [2.45, 2.75) is 12.8 Å². The number of hydrogen-bond donors (Lipinski definition) is 1. The molecule has 0 aromatic heterocycles. The van der Waals surface area contributed by atoms with Gasteiger partial charge >= 0.3 is 7.69 Å². The molecule has 1 N–H and O–H groups in total. The van der Waals surface area contributed by atoms with Crippen molar-refractivity contribution in [1.29, 1.82) is 0 Å². The van der Waals surface area contributed by atoms with Crippen LogP contribution in [0.15, 0.2) is 138 Å². The molecule has 0 spiro atoms. The maximum atomic E-state index is 8.71. The molecule has 6 aromatic carbocycles. The van der Waals surface area contributed by atoms with Crippen molar-refractivity contribution in [3.63, 3.8) is 0 Å². The van der Waals surface area contributed by atoms with Gasteiger partial charge in [-0.15, -0.1) is 0 Å². The fraction of sp³-hybridized carbons (Fsp3) is 0.111. The van der Waals surface area contributed by atoms with Crippen LogP contribution in [0, 0.1) is 0 Å². The van der Waals surface area contributed by atoms with Crippen LogP contribution in [0.5, 0.6) is 5.75 Å². The van der Waals surface area contributed by atoms with Crippen molar-refractivity contribution >= 4 is 45.2 Å². The van der Waals surface area contributed by atoms with E-state index in [-0.39, 0.29) is 0 Å². The molecule has 7 rings (SSSR count). The summed E-state index contributed by atoms with van der Waals surface area (Å²) in [6.45, 7) is 2.00. The van der Waals surface area contributed by atoms with Gasteiger partial charge in [0.25, 0.3) is 0 Å². The molecular weight excluding hydrogens is 571 g/mol. The average molecular weight is 602 g/mol. The Labute approximate surface area is 250 Å². The number of hydrogen-bond acceptors (Lipinski definition) is 3. The summed E-state index contributed by atoms with van der Waals surface area (Å²) in [6, 6.07) is 45.5. The Morgan fingerprint density at radius 2 is 1.10 bits per heavy atom. The molecule has 5 heteroatoms. The molecule has 0 bridgehead atoms. The van der Waals surface area contributed by atoms with E-state index in [0.29, 0.717) is 13.4 Å². The van der Waals surface area contributed by atoms with Crippen LogP contribution in [-0.2, 0) is 4.74 Å². The van der Waals surface area contributed by atoms with E-state index in [2.05, 4.69) is 107 Å². The Bertz CT molecular complexity index is 1700. The summed E-state index contributed by atoms with van der Waals surface area (Å²) in [4.78, 5) is 0. The minimum Gasteiger partial charge on any atom is -0.537 e. The average Bonchev–Trinajstić information content (AvgIpc) is 3.62. The molecule has 0 atom stereocenters. The normalized spacial score (nSPS) is 12.1. The van der Waals surface area contributed by atoms with Gasteiger partial charge in [-0.1, -0.05) is 125 Å². The lowest BCUT2D eigenvalue weighted by atomic mass is 9.98. The smallest absolute Gasteiger partial charge is 0.537 e. The van der Waals surface area contributed by atoms with Gasteiger partial charge in [0.15, 0.2) is 0 Å². The van der Waals surface area contributed by atoms with Gasteiger partial charge < -0.3 is 14.4 Å². The third-order valence-corrected chi connectivity index (χ3v) is 7.37. The molecule has 1 aliphatic heterocycles. The minimum atomic E-state index is 0.618. The summed E-state index contributed by atoms with van der Waals surface area (Å²) in [6.07, 6.45) is 2.56. The predicted molar refractivity (Wildman–Crippen MR) is 175 cm³/mol. The van der Waals surface area contributed by atoms with Crippen LogP contribution in [0.2, 0.25) is 0 Å². The van der Waals surface area contributed by atoms with Crippen molar-refractivity contribution in [3.8, 4) is 28.0 Å². The van der Waals surface area contributed by atoms with Crippen LogP contribution in [0.3, 0.4) is 0 Å². The monoisotopic (exact) mass is 601 g/mol. The van der Waals surface area contributed by atoms with Crippen LogP contribution in [0.4, 0.5) is 0 Å². The molecule has 203 valence electrons. The van der Waals surface area contributed by atoms with Crippen LogP contribution in [-0.4, -0.2) is 25.9 Å². The van der Waals surface area contributed by atoms with E-state index in [1.54, 1.807) is 6.07 Å². The molecule has 0 amide bonds. The Kier molecular flexibility index (Phi) is 10.2. The lowest BCUT2D eigenvalue weighted by Gasteiger charge is -2.08. The van der Waals surface area contributed by atoms with Crippen molar-refractivity contribution in [3.05, 3.63) is 138 Å². The zero-order valence-electron chi connectivity index (χ0n) is 22.7. The van der Waals surface area contributed by atoms with Gasteiger partial charge in [-0.3, -0.25) is 0 Å². The van der Waals surface area contributed by atoms with Crippen LogP contribution < -0.4 is 4.65 Å². The second-order valence-corrected chi connectivity index (χ2v) is 10.6. The molecule has 0 aliphatic carbocycles. The van der Waals surface area contributed by atoms with E-state index in [4.69, 9.17) is 14.4 Å². The zero-order chi connectivity index (χ0) is 28.3. The maximum absolute atomic E-state index is 8.71. The van der Waals surface area contributed by atoms with Crippen molar-refractivity contribution in [2.75, 3.05) is 13.2 Å². The van der Waals surface area contributed by atoms with E-state index in [0.717, 1.165) is 28.8 Å². The quantitative estimate of drug-likeness (QED) is 0.204. The molecule has 1 heterocycles. The molecule has 0 unspecified atom stereocenters. The minimum absolute atomic E-state index is 0.618. The van der Waals surface area contributed by atoms with Gasteiger partial charge in [0.05, 0.1) is 0 Å². The molecule has 1 aliphatic rings. The lowest BCUT2D eigenvalue weighted by Crippen LogP contribution is -1.99. The summed E-state index contributed by atoms with van der Waals surface area (Å²) >= 11 is 3.52. The highest BCUT2D eigenvalue weighted by atomic mass is 79.9. The highest BCUT2D eigenvalue weighted by Crippen LogP contribution is 2.31. The Balaban J connectivity index is 0.000000141. The third-order valence-electron chi connectivity index (χ3n) is 6.88. The largest absolute Gasteiger partial charge is 0.569 e. The fourth-order valence-corrected chi connectivity index (χ4v) is 5.32. The number of halogens is 1. The summed E-state index contributed by atoms with van der Waals surface area (Å²) in [5, 5.41) is 13.7. The molecular formula is C36H31BBrO3. The first-order valence-electron chi connectivity index (χ1n) is 13.7. The van der Waals surface area contributed by atoms with Crippen LogP contribution in [0.25, 0.3) is 43.8 Å². The van der Waals surface area contributed by atoms with Gasteiger partial charge in [-0.25, -0.2) is 0 Å². The first kappa shape index (κ1) is 28.6. The van der Waals surface area contributed by atoms with E-state index in [1.165, 1.54) is 45.5 Å². The zero-order valence-corrected chi connectivity index (χ0v) is 24.3. The standard InChI is InChI=1S/C16H12BO2.C16H11Br.C4H8O/c18-17-19-14-8-3-7-13(11-14)16-10-4-6-12-5-1-2-9-15(12)16;17-14-8-3-7-13(11-14)16-10-4-6-12-5-1-2-9-15(12)16;1-2-4-5-3-1/h1-11,18H;1-11H;1-4H2. The molecule has 6 aromatic rings. The molecule has 41 heavy (non-hydrogen) atoms. The Hall–Kier alpha value is -3.90. The van der Waals surface area contributed by atoms with E-state index in [1.807, 2.05) is 36.4 Å². The number of fused-ring (bicyclic) bond motifs is 2. The summed E-state index contributed by atoms with van der Waals surface area (Å²) < 4.78 is 11.1. The lowest BCUT2D eigenvalue weighted by molar-refractivity contribution is 0.198. The first-order chi connectivity index (χ1) is 20.2. The topological polar surface area (TPSA) is 38.7 Å². The third kappa shape index (κ3) is 7.65. The maximum Gasteiger partial charge on any atom is 0.569 e. The Morgan fingerprint density at radius 1 is 0.585 bits per heavy atom. The van der Waals surface area contributed by atoms with E-state index < -0.39 is 0 Å². The van der Waals surface area contributed by atoms with Gasteiger partial charge in [0, 0.05) is 17.7 Å². The predicted octanol–water partition coefficient (Wildman–Crippen LogP) is 9.48. The van der Waals surface area contributed by atoms with Crippen LogP contribution >= 0.6 is 15.9 Å². The Morgan fingerprint density at radius 3 is 1.63 bits per heavy atom. The molecule has 1 radical (unpaired) electrons. The van der Waals surface area contributed by atoms with Gasteiger partial charge in [-0.05, 0) is 80.9 Å². The molecule has 3 nitrogen and oxygen atoms in total. The summed E-state index contributed by atoms with van der Waals surface area (Å²) in [5.41, 5.74) is 4.75. The second-order valence-electron chi connectivity index (χ2n) is 9.63. The van der Waals surface area contributed by atoms with Crippen molar-refractivity contribution < 1.29 is 14.4 Å². The summed E-state index contributed by atoms with van der Waals surface area (Å²) in [5.74, 6) is 0.618. The van der Waals surface area contributed by atoms with E-state index in [9.17, 15) is 0 Å². The van der Waals surface area contributed by atoms with Gasteiger partial charge in [0.2, 0.25) is 0 Å². The van der Waals surface area contributed by atoms with Gasteiger partial charge in [0.1, 0.15) is 5.75 Å². The molecule has 0 saturated carbocycles. The highest BCUT2D eigenvalue weighted by Gasteiger charge is 2.05.